The van der Waals surface area contributed by atoms with E-state index < -0.39 is 17.3 Å². The molecule has 0 bridgehead atoms. The van der Waals surface area contributed by atoms with E-state index in [1.807, 2.05) is 0 Å². The predicted octanol–water partition coefficient (Wildman–Crippen LogP) is 2.11. The molecular weight excluding hydrogens is 260 g/mol. The van der Waals surface area contributed by atoms with E-state index in [2.05, 4.69) is 16.9 Å². The molecule has 0 heterocycles. The number of alkyl halides is 1. The zero-order chi connectivity index (χ0) is 12.8. The second-order valence-electron chi connectivity index (χ2n) is 4.24. The number of amides is 3. The minimum atomic E-state index is -0.691. The molecule has 1 fully saturated rings. The van der Waals surface area contributed by atoms with Gasteiger partial charge in [0.25, 0.3) is 0 Å². The first-order chi connectivity index (χ1) is 8.04. The summed E-state index contributed by atoms with van der Waals surface area (Å²) in [6, 6.07) is -0.286. The molecule has 0 radical (unpaired) electrons. The maximum Gasteiger partial charge on any atom is 0.321 e. The lowest BCUT2D eigenvalue weighted by atomic mass is 9.95. The number of carbonyl (C=O) groups excluding carboxylic acids is 2. The highest BCUT2D eigenvalue weighted by Gasteiger charge is 2.26. The monoisotopic (exact) mass is 278 g/mol. The molecule has 0 aliphatic heterocycles. The quantitative estimate of drug-likeness (QED) is 0.778. The molecule has 1 aliphatic carbocycles. The van der Waals surface area contributed by atoms with Gasteiger partial charge in [-0.15, -0.1) is 11.6 Å². The molecule has 3 unspecified atom stereocenters. The largest absolute Gasteiger partial charge is 0.334 e. The number of urea groups is 1. The standard InChI is InChI=1S/C11H19ClN2O2S/c1-7(12)10(15)14-11(16)13-8-5-3-4-6-9(8)17-2/h7-9H,3-6H2,1-2H3,(H2,13,14,15,16). The first kappa shape index (κ1) is 14.6. The smallest absolute Gasteiger partial charge is 0.321 e. The fraction of sp³-hybridized carbons (Fsp3) is 0.818. The number of hydrogen-bond donors (Lipinski definition) is 2. The maximum atomic E-state index is 11.6. The van der Waals surface area contributed by atoms with Crippen LogP contribution in [-0.2, 0) is 4.79 Å². The molecule has 1 aliphatic rings. The third-order valence-electron chi connectivity index (χ3n) is 2.92. The minimum absolute atomic E-state index is 0.150. The Balaban J connectivity index is 2.41. The van der Waals surface area contributed by atoms with Crippen molar-refractivity contribution in [2.45, 2.75) is 49.3 Å². The van der Waals surface area contributed by atoms with E-state index in [4.69, 9.17) is 11.6 Å². The highest BCUT2D eigenvalue weighted by atomic mass is 35.5. The molecule has 2 N–H and O–H groups in total. The van der Waals surface area contributed by atoms with Crippen molar-refractivity contribution in [2.24, 2.45) is 0 Å². The molecule has 3 atom stereocenters. The Hall–Kier alpha value is -0.420. The molecule has 0 aromatic rings. The molecule has 0 aromatic heterocycles. The first-order valence-electron chi connectivity index (χ1n) is 5.82. The van der Waals surface area contributed by atoms with Gasteiger partial charge in [0.2, 0.25) is 5.91 Å². The normalized spacial score (nSPS) is 26.1. The van der Waals surface area contributed by atoms with E-state index in [9.17, 15) is 9.59 Å². The highest BCUT2D eigenvalue weighted by molar-refractivity contribution is 7.99. The summed E-state index contributed by atoms with van der Waals surface area (Å²) in [5.74, 6) is -0.458. The van der Waals surface area contributed by atoms with E-state index >= 15 is 0 Å². The zero-order valence-electron chi connectivity index (χ0n) is 10.2. The molecule has 98 valence electrons. The van der Waals surface area contributed by atoms with Crippen LogP contribution in [0.15, 0.2) is 0 Å². The average molecular weight is 279 g/mol. The lowest BCUT2D eigenvalue weighted by Crippen LogP contribution is -2.50. The zero-order valence-corrected chi connectivity index (χ0v) is 11.7. The molecule has 0 saturated heterocycles. The summed E-state index contributed by atoms with van der Waals surface area (Å²) in [5, 5.41) is 4.85. The molecule has 6 heteroatoms. The number of carbonyl (C=O) groups is 2. The van der Waals surface area contributed by atoms with Gasteiger partial charge in [0.15, 0.2) is 0 Å². The van der Waals surface area contributed by atoms with Crippen LogP contribution in [0.2, 0.25) is 0 Å². The van der Waals surface area contributed by atoms with Crippen molar-refractivity contribution >= 4 is 35.3 Å². The summed E-state index contributed by atoms with van der Waals surface area (Å²) in [6.07, 6.45) is 6.48. The molecule has 0 aromatic carbocycles. The average Bonchev–Trinajstić information content (AvgIpc) is 2.29. The van der Waals surface area contributed by atoms with E-state index in [-0.39, 0.29) is 6.04 Å². The highest BCUT2D eigenvalue weighted by Crippen LogP contribution is 2.26. The van der Waals surface area contributed by atoms with Gasteiger partial charge in [0, 0.05) is 11.3 Å². The van der Waals surface area contributed by atoms with Gasteiger partial charge in [-0.05, 0) is 26.0 Å². The third kappa shape index (κ3) is 4.76. The minimum Gasteiger partial charge on any atom is -0.334 e. The summed E-state index contributed by atoms with van der Waals surface area (Å²) in [7, 11) is 0. The molecular formula is C11H19ClN2O2S. The molecule has 1 rings (SSSR count). The Morgan fingerprint density at radius 3 is 2.59 bits per heavy atom. The van der Waals surface area contributed by atoms with Gasteiger partial charge in [0.1, 0.15) is 5.38 Å². The molecule has 0 spiro atoms. The van der Waals surface area contributed by atoms with Crippen molar-refractivity contribution in [3.63, 3.8) is 0 Å². The maximum absolute atomic E-state index is 11.6. The van der Waals surface area contributed by atoms with Crippen LogP contribution in [0.25, 0.3) is 0 Å². The molecule has 4 nitrogen and oxygen atoms in total. The molecule has 3 amide bonds. The number of thioether (sulfide) groups is 1. The van der Waals surface area contributed by atoms with E-state index in [1.165, 1.54) is 13.3 Å². The van der Waals surface area contributed by atoms with E-state index in [0.717, 1.165) is 19.3 Å². The number of rotatable bonds is 3. The van der Waals surface area contributed by atoms with Crippen molar-refractivity contribution in [1.29, 1.82) is 0 Å². The second kappa shape index (κ2) is 7.11. The summed E-state index contributed by atoms with van der Waals surface area (Å²) in [6.45, 7) is 1.54. The van der Waals surface area contributed by atoms with Crippen LogP contribution >= 0.6 is 23.4 Å². The van der Waals surface area contributed by atoms with Crippen molar-refractivity contribution in [1.82, 2.24) is 10.6 Å². The van der Waals surface area contributed by atoms with Crippen molar-refractivity contribution in [3.8, 4) is 0 Å². The fourth-order valence-corrected chi connectivity index (χ4v) is 2.95. The molecule has 17 heavy (non-hydrogen) atoms. The van der Waals surface area contributed by atoms with Crippen LogP contribution in [-0.4, -0.2) is 34.9 Å². The SMILES string of the molecule is CSC1CCCCC1NC(=O)NC(=O)C(C)Cl. The fourth-order valence-electron chi connectivity index (χ4n) is 1.96. The van der Waals surface area contributed by atoms with E-state index in [0.29, 0.717) is 5.25 Å². The van der Waals surface area contributed by atoms with Crippen LogP contribution in [0.3, 0.4) is 0 Å². The van der Waals surface area contributed by atoms with Crippen LogP contribution < -0.4 is 10.6 Å². The first-order valence-corrected chi connectivity index (χ1v) is 7.55. The topological polar surface area (TPSA) is 58.2 Å². The van der Waals surface area contributed by atoms with Gasteiger partial charge in [-0.3, -0.25) is 10.1 Å². The number of nitrogens with one attached hydrogen (secondary N) is 2. The van der Waals surface area contributed by atoms with Gasteiger partial charge in [-0.25, -0.2) is 4.79 Å². The molecule has 1 saturated carbocycles. The van der Waals surface area contributed by atoms with Crippen LogP contribution in [0.1, 0.15) is 32.6 Å². The van der Waals surface area contributed by atoms with Gasteiger partial charge >= 0.3 is 6.03 Å². The summed E-state index contributed by atoms with van der Waals surface area (Å²) in [4.78, 5) is 22.8. The van der Waals surface area contributed by atoms with Crippen LogP contribution in [0.5, 0.6) is 0 Å². The Labute approximate surface area is 111 Å². The summed E-state index contributed by atoms with van der Waals surface area (Å²) >= 11 is 7.34. The van der Waals surface area contributed by atoms with Gasteiger partial charge in [0.05, 0.1) is 0 Å². The second-order valence-corrected chi connectivity index (χ2v) is 5.98. The van der Waals surface area contributed by atoms with Gasteiger partial charge in [-0.1, -0.05) is 12.8 Å². The number of halogens is 1. The lowest BCUT2D eigenvalue weighted by Gasteiger charge is -2.30. The number of imide groups is 1. The van der Waals surface area contributed by atoms with Crippen molar-refractivity contribution < 1.29 is 9.59 Å². The lowest BCUT2D eigenvalue weighted by molar-refractivity contribution is -0.119. The Morgan fingerprint density at radius 2 is 2.00 bits per heavy atom. The number of hydrogen-bond acceptors (Lipinski definition) is 3. The Bertz CT molecular complexity index is 287. The van der Waals surface area contributed by atoms with E-state index in [1.54, 1.807) is 11.8 Å². The van der Waals surface area contributed by atoms with Gasteiger partial charge < -0.3 is 5.32 Å². The third-order valence-corrected chi connectivity index (χ3v) is 4.29. The van der Waals surface area contributed by atoms with Crippen LogP contribution in [0, 0.1) is 0 Å². The summed E-state index contributed by atoms with van der Waals surface area (Å²) < 4.78 is 0. The van der Waals surface area contributed by atoms with Crippen LogP contribution in [0.4, 0.5) is 4.79 Å². The Kier molecular flexibility index (Phi) is 6.12. The summed E-state index contributed by atoms with van der Waals surface area (Å²) in [5.41, 5.74) is 0. The van der Waals surface area contributed by atoms with Crippen molar-refractivity contribution in [2.75, 3.05) is 6.26 Å². The van der Waals surface area contributed by atoms with Crippen molar-refractivity contribution in [3.05, 3.63) is 0 Å². The van der Waals surface area contributed by atoms with Gasteiger partial charge in [-0.2, -0.15) is 11.8 Å². The Morgan fingerprint density at radius 1 is 1.35 bits per heavy atom. The predicted molar refractivity (Wildman–Crippen MR) is 71.5 cm³/mol.